The van der Waals surface area contributed by atoms with Crippen molar-refractivity contribution in [3.63, 3.8) is 0 Å². The summed E-state index contributed by atoms with van der Waals surface area (Å²) in [6, 6.07) is 0. The lowest BCUT2D eigenvalue weighted by Gasteiger charge is -2.00. The van der Waals surface area contributed by atoms with E-state index in [1.807, 2.05) is 13.8 Å². The normalized spacial score (nSPS) is 10.5. The summed E-state index contributed by atoms with van der Waals surface area (Å²) in [5.74, 6) is 0.0317. The maximum atomic E-state index is 11.1. The summed E-state index contributed by atoms with van der Waals surface area (Å²) in [7, 11) is 0. The van der Waals surface area contributed by atoms with Crippen LogP contribution in [0.5, 0.6) is 0 Å². The van der Waals surface area contributed by atoms with Crippen LogP contribution in [0.4, 0.5) is 0 Å². The van der Waals surface area contributed by atoms with E-state index in [-0.39, 0.29) is 11.0 Å². The molecule has 0 amide bonds. The molecule has 0 bridgehead atoms. The first-order valence-electron chi connectivity index (χ1n) is 3.28. The van der Waals surface area contributed by atoms with Crippen molar-refractivity contribution in [3.8, 4) is 0 Å². The molecule has 0 aliphatic rings. The summed E-state index contributed by atoms with van der Waals surface area (Å²) in [5.41, 5.74) is 0. The van der Waals surface area contributed by atoms with Gasteiger partial charge in [-0.25, -0.2) is 0 Å². The van der Waals surface area contributed by atoms with Crippen LogP contribution in [-0.4, -0.2) is 19.5 Å². The third kappa shape index (κ3) is 2.34. The lowest BCUT2D eigenvalue weighted by Crippen LogP contribution is -2.05. The summed E-state index contributed by atoms with van der Waals surface area (Å²) in [6.07, 6.45) is 3.19. The molecule has 11 heavy (non-hydrogen) atoms. The zero-order chi connectivity index (χ0) is 8.27. The van der Waals surface area contributed by atoms with Crippen LogP contribution in [-0.2, 0) is 4.79 Å². The zero-order valence-corrected chi connectivity index (χ0v) is 7.21. The van der Waals surface area contributed by atoms with E-state index in [9.17, 15) is 4.79 Å². The average Bonchev–Trinajstić information content (AvgIpc) is 2.39. The second-order valence-corrected chi connectivity index (χ2v) is 3.33. The fourth-order valence-electron chi connectivity index (χ4n) is 0.444. The molecule has 0 spiro atoms. The van der Waals surface area contributed by atoms with Crippen LogP contribution in [0.2, 0.25) is 0 Å². The minimum Gasteiger partial charge on any atom is -0.285 e. The van der Waals surface area contributed by atoms with Crippen LogP contribution >= 0.6 is 11.9 Å². The number of aromatic nitrogens is 3. The summed E-state index contributed by atoms with van der Waals surface area (Å²) in [4.78, 5) is 11.1. The lowest BCUT2D eigenvalue weighted by molar-refractivity contribution is -0.113. The fraction of sp³-hybridized carbons (Fsp3) is 0.500. The quantitative estimate of drug-likeness (QED) is 0.665. The number of hydrogen-bond acceptors (Lipinski definition) is 4. The van der Waals surface area contributed by atoms with Gasteiger partial charge in [-0.15, -0.1) is 5.10 Å². The Morgan fingerprint density at radius 3 is 2.82 bits per heavy atom. The Morgan fingerprint density at radius 2 is 2.36 bits per heavy atom. The van der Waals surface area contributed by atoms with Gasteiger partial charge in [0.25, 0.3) is 0 Å². The van der Waals surface area contributed by atoms with E-state index in [2.05, 4.69) is 10.3 Å². The van der Waals surface area contributed by atoms with Gasteiger partial charge in [0.1, 0.15) is 0 Å². The molecule has 0 saturated heterocycles. The van der Waals surface area contributed by atoms with Crippen LogP contribution in [0.1, 0.15) is 13.8 Å². The molecule has 0 radical (unpaired) electrons. The minimum absolute atomic E-state index is 0.0317. The van der Waals surface area contributed by atoms with Crippen molar-refractivity contribution < 1.29 is 4.79 Å². The van der Waals surface area contributed by atoms with Crippen LogP contribution in [0.25, 0.3) is 0 Å². The molecule has 5 heteroatoms. The van der Waals surface area contributed by atoms with Crippen molar-refractivity contribution in [2.24, 2.45) is 5.92 Å². The molecule has 1 aromatic rings. The van der Waals surface area contributed by atoms with E-state index < -0.39 is 0 Å². The Kier molecular flexibility index (Phi) is 2.64. The topological polar surface area (TPSA) is 47.8 Å². The van der Waals surface area contributed by atoms with E-state index in [0.717, 1.165) is 11.9 Å². The molecule has 1 heterocycles. The highest BCUT2D eigenvalue weighted by Crippen LogP contribution is 2.10. The molecular formula is C6H9N3OS. The number of carbonyl (C=O) groups excluding carboxylic acids is 1. The van der Waals surface area contributed by atoms with Gasteiger partial charge in [-0.2, -0.15) is 4.09 Å². The first-order valence-corrected chi connectivity index (χ1v) is 4.06. The highest BCUT2D eigenvalue weighted by molar-refractivity contribution is 8.12. The first-order chi connectivity index (χ1) is 5.20. The average molecular weight is 171 g/mol. The number of nitrogens with zero attached hydrogens (tertiary/aromatic N) is 3. The predicted molar refractivity (Wildman–Crippen MR) is 42.9 cm³/mol. The molecule has 1 rings (SSSR count). The second kappa shape index (κ2) is 3.52. The van der Waals surface area contributed by atoms with E-state index in [0.29, 0.717) is 0 Å². The minimum atomic E-state index is 0.0317. The Bertz CT molecular complexity index is 232. The molecule has 0 atom stereocenters. The van der Waals surface area contributed by atoms with E-state index >= 15 is 0 Å². The van der Waals surface area contributed by atoms with Gasteiger partial charge in [0.05, 0.1) is 24.3 Å². The summed E-state index contributed by atoms with van der Waals surface area (Å²) in [5, 5.41) is 7.31. The molecule has 1 aromatic heterocycles. The standard InChI is InChI=1S/C6H9N3OS/c1-5(2)6(10)11-9-4-3-7-8-9/h3-5H,1-2H3. The van der Waals surface area contributed by atoms with Gasteiger partial charge in [0.15, 0.2) is 0 Å². The predicted octanol–water partition coefficient (Wildman–Crippen LogP) is 0.957. The largest absolute Gasteiger partial charge is 0.285 e. The van der Waals surface area contributed by atoms with Crippen LogP contribution in [0.3, 0.4) is 0 Å². The lowest BCUT2D eigenvalue weighted by atomic mass is 10.3. The molecule has 0 saturated carbocycles. The Labute approximate surface area is 69.1 Å². The van der Waals surface area contributed by atoms with Crippen molar-refractivity contribution in [1.82, 2.24) is 14.4 Å². The molecule has 4 nitrogen and oxygen atoms in total. The van der Waals surface area contributed by atoms with Gasteiger partial charge in [-0.3, -0.25) is 4.79 Å². The third-order valence-corrected chi connectivity index (χ3v) is 2.09. The SMILES string of the molecule is CC(C)C(=O)Sn1ccnn1. The highest BCUT2D eigenvalue weighted by atomic mass is 32.2. The first kappa shape index (κ1) is 8.26. The molecular weight excluding hydrogens is 162 g/mol. The summed E-state index contributed by atoms with van der Waals surface area (Å²) >= 11 is 1.06. The maximum absolute atomic E-state index is 11.1. The van der Waals surface area contributed by atoms with Crippen molar-refractivity contribution in [1.29, 1.82) is 0 Å². The van der Waals surface area contributed by atoms with Gasteiger partial charge >= 0.3 is 0 Å². The number of hydrogen-bond donors (Lipinski definition) is 0. The van der Waals surface area contributed by atoms with Crippen LogP contribution in [0, 0.1) is 5.92 Å². The van der Waals surface area contributed by atoms with Gasteiger partial charge in [0, 0.05) is 5.92 Å². The smallest absolute Gasteiger partial charge is 0.213 e. The van der Waals surface area contributed by atoms with Crippen molar-refractivity contribution in [2.45, 2.75) is 13.8 Å². The number of carbonyl (C=O) groups is 1. The Balaban J connectivity index is 2.50. The monoisotopic (exact) mass is 171 g/mol. The van der Waals surface area contributed by atoms with Gasteiger partial charge in [-0.1, -0.05) is 19.1 Å². The van der Waals surface area contributed by atoms with Crippen molar-refractivity contribution >= 4 is 17.1 Å². The highest BCUT2D eigenvalue weighted by Gasteiger charge is 2.08. The zero-order valence-electron chi connectivity index (χ0n) is 6.39. The van der Waals surface area contributed by atoms with Crippen LogP contribution in [0.15, 0.2) is 12.4 Å². The molecule has 0 fully saturated rings. The molecule has 0 aliphatic carbocycles. The molecule has 0 unspecified atom stereocenters. The number of rotatable bonds is 2. The Morgan fingerprint density at radius 1 is 1.64 bits per heavy atom. The van der Waals surface area contributed by atoms with E-state index in [4.69, 9.17) is 0 Å². The fourth-order valence-corrected chi connectivity index (χ4v) is 1.03. The summed E-state index contributed by atoms with van der Waals surface area (Å²) < 4.78 is 1.45. The van der Waals surface area contributed by atoms with E-state index in [1.54, 1.807) is 12.4 Å². The van der Waals surface area contributed by atoms with E-state index in [1.165, 1.54) is 4.09 Å². The molecule has 60 valence electrons. The Hall–Kier alpha value is -0.840. The van der Waals surface area contributed by atoms with Gasteiger partial charge < -0.3 is 0 Å². The molecule has 0 N–H and O–H groups in total. The van der Waals surface area contributed by atoms with Crippen molar-refractivity contribution in [2.75, 3.05) is 0 Å². The van der Waals surface area contributed by atoms with Gasteiger partial charge in [-0.05, 0) is 0 Å². The second-order valence-electron chi connectivity index (χ2n) is 2.37. The third-order valence-electron chi connectivity index (χ3n) is 1.06. The van der Waals surface area contributed by atoms with Crippen molar-refractivity contribution in [3.05, 3.63) is 12.4 Å². The summed E-state index contributed by atoms with van der Waals surface area (Å²) in [6.45, 7) is 3.71. The van der Waals surface area contributed by atoms with Gasteiger partial charge in [0.2, 0.25) is 5.12 Å². The maximum Gasteiger partial charge on any atom is 0.213 e. The molecule has 0 aliphatic heterocycles. The van der Waals surface area contributed by atoms with Crippen LogP contribution < -0.4 is 0 Å². The molecule has 0 aromatic carbocycles.